The zero-order chi connectivity index (χ0) is 14.9. The molecule has 112 valence electrons. The number of hydrogen-bond acceptors (Lipinski definition) is 2. The maximum Gasteiger partial charge on any atom is 0.246 e. The van der Waals surface area contributed by atoms with Crippen LogP contribution in [0.3, 0.4) is 0 Å². The molecule has 1 unspecified atom stereocenters. The van der Waals surface area contributed by atoms with Gasteiger partial charge < -0.3 is 0 Å². The average molecular weight is 368 g/mol. The molecule has 0 amide bonds. The molecule has 0 aliphatic carbocycles. The molecule has 0 aromatic heterocycles. The summed E-state index contributed by atoms with van der Waals surface area (Å²) >= 11 is 3.49. The molecule has 7 heteroatoms. The third-order valence-electron chi connectivity index (χ3n) is 3.66. The highest BCUT2D eigenvalue weighted by atomic mass is 79.9. The second-order valence-electron chi connectivity index (χ2n) is 4.99. The van der Waals surface area contributed by atoms with E-state index in [9.17, 15) is 17.2 Å². The summed E-state index contributed by atoms with van der Waals surface area (Å²) in [5, 5.41) is 0. The Labute approximate surface area is 126 Å². The number of halogens is 3. The molecule has 1 aliphatic rings. The van der Waals surface area contributed by atoms with Crippen LogP contribution in [0.1, 0.15) is 19.8 Å². The Bertz CT molecular complexity index is 584. The van der Waals surface area contributed by atoms with Crippen LogP contribution in [0.25, 0.3) is 0 Å². The minimum absolute atomic E-state index is 0.318. The molecule has 1 aliphatic heterocycles. The number of benzene rings is 1. The van der Waals surface area contributed by atoms with E-state index in [0.29, 0.717) is 36.7 Å². The lowest BCUT2D eigenvalue weighted by atomic mass is 9.96. The lowest BCUT2D eigenvalue weighted by Gasteiger charge is -2.32. The van der Waals surface area contributed by atoms with Crippen LogP contribution in [0.15, 0.2) is 23.1 Å². The Morgan fingerprint density at radius 2 is 1.90 bits per heavy atom. The number of sulfonamides is 1. The van der Waals surface area contributed by atoms with E-state index in [4.69, 9.17) is 0 Å². The Kier molecular flexibility index (Phi) is 4.81. The summed E-state index contributed by atoms with van der Waals surface area (Å²) in [6.45, 7) is 2.69. The van der Waals surface area contributed by atoms with Gasteiger partial charge >= 0.3 is 0 Å². The van der Waals surface area contributed by atoms with Gasteiger partial charge in [-0.1, -0.05) is 22.9 Å². The number of alkyl halides is 1. The Morgan fingerprint density at radius 3 is 2.45 bits per heavy atom. The lowest BCUT2D eigenvalue weighted by molar-refractivity contribution is 0.274. The van der Waals surface area contributed by atoms with E-state index in [1.807, 2.05) is 6.92 Å². The van der Waals surface area contributed by atoms with E-state index in [1.54, 1.807) is 0 Å². The zero-order valence-corrected chi connectivity index (χ0v) is 13.4. The molecular weight excluding hydrogens is 352 g/mol. The first-order valence-electron chi connectivity index (χ1n) is 6.41. The fraction of sp³-hybridized carbons (Fsp3) is 0.538. The molecule has 0 saturated carbocycles. The Balaban J connectivity index is 2.22. The molecule has 1 aromatic rings. The molecule has 1 atom stereocenters. The molecule has 1 heterocycles. The molecule has 0 spiro atoms. The highest BCUT2D eigenvalue weighted by molar-refractivity contribution is 9.09. The molecule has 2 rings (SSSR count). The zero-order valence-electron chi connectivity index (χ0n) is 11.0. The Hall–Kier alpha value is -0.530. The van der Waals surface area contributed by atoms with Gasteiger partial charge in [0.2, 0.25) is 10.0 Å². The van der Waals surface area contributed by atoms with E-state index in [-0.39, 0.29) is 0 Å². The second kappa shape index (κ2) is 6.07. The molecular formula is C13H16BrF2NO2S. The van der Waals surface area contributed by atoms with Crippen LogP contribution in [0, 0.1) is 17.6 Å². The summed E-state index contributed by atoms with van der Waals surface area (Å²) in [4.78, 5) is -0.263. The molecule has 1 aromatic carbocycles. The van der Waals surface area contributed by atoms with Crippen molar-refractivity contribution in [3.63, 3.8) is 0 Å². The van der Waals surface area contributed by atoms with Crippen molar-refractivity contribution in [3.8, 4) is 0 Å². The van der Waals surface area contributed by atoms with Crippen LogP contribution >= 0.6 is 15.9 Å². The van der Waals surface area contributed by atoms with E-state index in [1.165, 1.54) is 4.31 Å². The standard InChI is InChI=1S/C13H16BrF2NO2S/c1-9(14)10-4-6-17(7-5-10)20(18,19)13-8-11(15)2-3-12(13)16/h2-3,8-10H,4-7H2,1H3. The van der Waals surface area contributed by atoms with Crippen LogP contribution < -0.4 is 0 Å². The monoisotopic (exact) mass is 367 g/mol. The molecule has 0 bridgehead atoms. The van der Waals surface area contributed by atoms with Gasteiger partial charge in [-0.05, 0) is 37.0 Å². The van der Waals surface area contributed by atoms with Crippen LogP contribution in [-0.2, 0) is 10.0 Å². The molecule has 3 nitrogen and oxygen atoms in total. The topological polar surface area (TPSA) is 37.4 Å². The van der Waals surface area contributed by atoms with E-state index < -0.39 is 26.6 Å². The van der Waals surface area contributed by atoms with Gasteiger partial charge in [0.25, 0.3) is 0 Å². The van der Waals surface area contributed by atoms with Gasteiger partial charge in [0.15, 0.2) is 0 Å². The number of rotatable bonds is 3. The number of nitrogens with zero attached hydrogens (tertiary/aromatic N) is 1. The summed E-state index contributed by atoms with van der Waals surface area (Å²) in [7, 11) is -3.96. The molecule has 20 heavy (non-hydrogen) atoms. The second-order valence-corrected chi connectivity index (χ2v) is 8.34. The number of hydrogen-bond donors (Lipinski definition) is 0. The molecule has 0 radical (unpaired) electrons. The fourth-order valence-corrected chi connectivity index (χ4v) is 4.46. The van der Waals surface area contributed by atoms with Gasteiger partial charge in [0, 0.05) is 17.9 Å². The van der Waals surface area contributed by atoms with E-state index in [2.05, 4.69) is 15.9 Å². The first-order valence-corrected chi connectivity index (χ1v) is 8.77. The maximum absolute atomic E-state index is 13.6. The van der Waals surface area contributed by atoms with Gasteiger partial charge in [0.05, 0.1) is 0 Å². The van der Waals surface area contributed by atoms with Gasteiger partial charge in [-0.2, -0.15) is 4.31 Å². The first kappa shape index (κ1) is 15.9. The van der Waals surface area contributed by atoms with Crippen LogP contribution in [0.5, 0.6) is 0 Å². The van der Waals surface area contributed by atoms with Crippen molar-refractivity contribution in [1.29, 1.82) is 0 Å². The smallest absolute Gasteiger partial charge is 0.207 e. The number of piperidine rings is 1. The van der Waals surface area contributed by atoms with E-state index in [0.717, 1.165) is 18.2 Å². The minimum atomic E-state index is -3.96. The highest BCUT2D eigenvalue weighted by Crippen LogP contribution is 2.29. The van der Waals surface area contributed by atoms with Crippen molar-refractivity contribution in [1.82, 2.24) is 4.31 Å². The minimum Gasteiger partial charge on any atom is -0.207 e. The van der Waals surface area contributed by atoms with Crippen molar-refractivity contribution in [2.75, 3.05) is 13.1 Å². The van der Waals surface area contributed by atoms with Crippen molar-refractivity contribution in [2.24, 2.45) is 5.92 Å². The molecule has 1 fully saturated rings. The molecule has 1 saturated heterocycles. The summed E-state index contributed by atoms with van der Waals surface area (Å²) in [5.74, 6) is -1.27. The first-order chi connectivity index (χ1) is 9.32. The highest BCUT2D eigenvalue weighted by Gasteiger charge is 2.32. The van der Waals surface area contributed by atoms with Crippen molar-refractivity contribution in [2.45, 2.75) is 29.5 Å². The lowest BCUT2D eigenvalue weighted by Crippen LogP contribution is -2.40. The fourth-order valence-electron chi connectivity index (χ4n) is 2.39. The quantitative estimate of drug-likeness (QED) is 0.769. The van der Waals surface area contributed by atoms with Gasteiger partial charge in [-0.15, -0.1) is 0 Å². The SMILES string of the molecule is CC(Br)C1CCN(S(=O)(=O)c2cc(F)ccc2F)CC1. The predicted octanol–water partition coefficient (Wildman–Crippen LogP) is 3.15. The average Bonchev–Trinajstić information content (AvgIpc) is 2.41. The third-order valence-corrected chi connectivity index (χ3v) is 6.32. The normalized spacial score (nSPS) is 20.0. The largest absolute Gasteiger partial charge is 0.246 e. The van der Waals surface area contributed by atoms with Crippen LogP contribution in [-0.4, -0.2) is 30.6 Å². The van der Waals surface area contributed by atoms with Crippen LogP contribution in [0.4, 0.5) is 8.78 Å². The Morgan fingerprint density at radius 1 is 1.30 bits per heavy atom. The van der Waals surface area contributed by atoms with Gasteiger partial charge in [0.1, 0.15) is 16.5 Å². The van der Waals surface area contributed by atoms with E-state index >= 15 is 0 Å². The van der Waals surface area contributed by atoms with Crippen molar-refractivity contribution >= 4 is 26.0 Å². The van der Waals surface area contributed by atoms with Gasteiger partial charge in [-0.25, -0.2) is 17.2 Å². The van der Waals surface area contributed by atoms with Crippen molar-refractivity contribution in [3.05, 3.63) is 29.8 Å². The summed E-state index contributed by atoms with van der Waals surface area (Å²) < 4.78 is 52.7. The predicted molar refractivity (Wildman–Crippen MR) is 76.2 cm³/mol. The van der Waals surface area contributed by atoms with Crippen LogP contribution in [0.2, 0.25) is 0 Å². The van der Waals surface area contributed by atoms with Crippen molar-refractivity contribution < 1.29 is 17.2 Å². The summed E-state index contributed by atoms with van der Waals surface area (Å²) in [6.07, 6.45) is 1.42. The third kappa shape index (κ3) is 3.20. The summed E-state index contributed by atoms with van der Waals surface area (Å²) in [5.41, 5.74) is 0. The summed E-state index contributed by atoms with van der Waals surface area (Å²) in [6, 6.07) is 2.49. The van der Waals surface area contributed by atoms with Gasteiger partial charge in [-0.3, -0.25) is 0 Å². The molecule has 0 N–H and O–H groups in total. The maximum atomic E-state index is 13.6.